The second kappa shape index (κ2) is 6.91. The summed E-state index contributed by atoms with van der Waals surface area (Å²) in [4.78, 5) is 10.6. The normalized spacial score (nSPS) is 12.1. The van der Waals surface area contributed by atoms with Crippen molar-refractivity contribution in [3.8, 4) is 5.75 Å². The summed E-state index contributed by atoms with van der Waals surface area (Å²) in [7, 11) is 3.17. The van der Waals surface area contributed by atoms with Crippen molar-refractivity contribution in [2.45, 2.75) is 25.4 Å². The zero-order valence-electron chi connectivity index (χ0n) is 10.2. The van der Waals surface area contributed by atoms with Crippen molar-refractivity contribution in [1.82, 2.24) is 0 Å². The van der Waals surface area contributed by atoms with Crippen LogP contribution in [0.25, 0.3) is 0 Å². The van der Waals surface area contributed by atoms with Crippen LogP contribution < -0.4 is 4.74 Å². The molecule has 1 aromatic carbocycles. The third-order valence-corrected chi connectivity index (χ3v) is 2.65. The molecule has 0 radical (unpaired) electrons. The number of hydrogen-bond donors (Lipinski definition) is 1. The lowest BCUT2D eigenvalue weighted by Crippen LogP contribution is -2.16. The fraction of sp³-hybridized carbons (Fsp3) is 0.462. The van der Waals surface area contributed by atoms with Crippen LogP contribution in [0.4, 0.5) is 0 Å². The maximum atomic E-state index is 10.6. The van der Waals surface area contributed by atoms with Crippen molar-refractivity contribution < 1.29 is 19.4 Å². The number of methoxy groups -OCH3 is 2. The SMILES string of the molecule is COc1ccc(CCC(CC(=O)O)OC)cc1. The first-order valence-electron chi connectivity index (χ1n) is 5.53. The highest BCUT2D eigenvalue weighted by molar-refractivity contribution is 5.67. The van der Waals surface area contributed by atoms with Crippen LogP contribution in [0.3, 0.4) is 0 Å². The highest BCUT2D eigenvalue weighted by atomic mass is 16.5. The molecule has 0 aliphatic carbocycles. The molecule has 0 heterocycles. The van der Waals surface area contributed by atoms with E-state index in [1.807, 2.05) is 24.3 Å². The van der Waals surface area contributed by atoms with Crippen LogP contribution in [0.2, 0.25) is 0 Å². The van der Waals surface area contributed by atoms with E-state index < -0.39 is 5.97 Å². The molecule has 0 aliphatic rings. The molecule has 94 valence electrons. The summed E-state index contributed by atoms with van der Waals surface area (Å²) in [5, 5.41) is 8.68. The molecule has 17 heavy (non-hydrogen) atoms. The Kier molecular flexibility index (Phi) is 5.49. The maximum absolute atomic E-state index is 10.6. The van der Waals surface area contributed by atoms with Gasteiger partial charge in [-0.3, -0.25) is 4.79 Å². The van der Waals surface area contributed by atoms with Crippen LogP contribution in [0.5, 0.6) is 5.75 Å². The molecule has 4 nitrogen and oxygen atoms in total. The van der Waals surface area contributed by atoms with Crippen molar-refractivity contribution in [1.29, 1.82) is 0 Å². The molecule has 1 unspecified atom stereocenters. The first kappa shape index (κ1) is 13.5. The molecule has 1 aromatic rings. The van der Waals surface area contributed by atoms with E-state index >= 15 is 0 Å². The lowest BCUT2D eigenvalue weighted by molar-refractivity contribution is -0.139. The van der Waals surface area contributed by atoms with E-state index in [0.29, 0.717) is 6.42 Å². The van der Waals surface area contributed by atoms with Gasteiger partial charge in [0, 0.05) is 7.11 Å². The Hall–Kier alpha value is -1.55. The first-order chi connectivity index (χ1) is 8.15. The molecule has 1 rings (SSSR count). The molecule has 4 heteroatoms. The van der Waals surface area contributed by atoms with Crippen LogP contribution in [-0.4, -0.2) is 31.4 Å². The maximum Gasteiger partial charge on any atom is 0.305 e. The summed E-state index contributed by atoms with van der Waals surface area (Å²) in [6.45, 7) is 0. The van der Waals surface area contributed by atoms with Gasteiger partial charge < -0.3 is 14.6 Å². The lowest BCUT2D eigenvalue weighted by Gasteiger charge is -2.12. The predicted octanol–water partition coefficient (Wildman–Crippen LogP) is 2.12. The van der Waals surface area contributed by atoms with Crippen LogP contribution in [0.15, 0.2) is 24.3 Å². The molecule has 0 fully saturated rings. The molecule has 0 bridgehead atoms. The molecule has 0 aromatic heterocycles. The van der Waals surface area contributed by atoms with Gasteiger partial charge >= 0.3 is 5.97 Å². The molecular weight excluding hydrogens is 220 g/mol. The Morgan fingerprint density at radius 3 is 2.41 bits per heavy atom. The molecule has 0 amide bonds. The number of ether oxygens (including phenoxy) is 2. The quantitative estimate of drug-likeness (QED) is 0.790. The smallest absolute Gasteiger partial charge is 0.305 e. The standard InChI is InChI=1S/C13H18O4/c1-16-11-6-3-10(4-7-11)5-8-12(17-2)9-13(14)15/h3-4,6-7,12H,5,8-9H2,1-2H3,(H,14,15). The van der Waals surface area contributed by atoms with E-state index in [1.54, 1.807) is 14.2 Å². The summed E-state index contributed by atoms with van der Waals surface area (Å²) in [5.74, 6) is -0.00541. The predicted molar refractivity (Wildman–Crippen MR) is 64.4 cm³/mol. The van der Waals surface area contributed by atoms with Gasteiger partial charge in [0.1, 0.15) is 5.75 Å². The minimum Gasteiger partial charge on any atom is -0.497 e. The van der Waals surface area contributed by atoms with E-state index in [2.05, 4.69) is 0 Å². The van der Waals surface area contributed by atoms with E-state index in [4.69, 9.17) is 14.6 Å². The number of aryl methyl sites for hydroxylation is 1. The second-order valence-electron chi connectivity index (χ2n) is 3.84. The fourth-order valence-corrected chi connectivity index (χ4v) is 1.62. The molecule has 0 saturated carbocycles. The van der Waals surface area contributed by atoms with E-state index in [1.165, 1.54) is 0 Å². The van der Waals surface area contributed by atoms with Gasteiger partial charge in [-0.2, -0.15) is 0 Å². The van der Waals surface area contributed by atoms with E-state index in [-0.39, 0.29) is 12.5 Å². The van der Waals surface area contributed by atoms with Crippen molar-refractivity contribution in [3.63, 3.8) is 0 Å². The van der Waals surface area contributed by atoms with Gasteiger partial charge in [-0.15, -0.1) is 0 Å². The lowest BCUT2D eigenvalue weighted by atomic mass is 10.0. The summed E-state index contributed by atoms with van der Waals surface area (Å²) in [6.07, 6.45) is 1.33. The monoisotopic (exact) mass is 238 g/mol. The van der Waals surface area contributed by atoms with Gasteiger partial charge in [-0.25, -0.2) is 0 Å². The van der Waals surface area contributed by atoms with Gasteiger partial charge in [-0.1, -0.05) is 12.1 Å². The summed E-state index contributed by atoms with van der Waals surface area (Å²) in [6, 6.07) is 7.75. The highest BCUT2D eigenvalue weighted by Crippen LogP contribution is 2.14. The molecule has 1 N–H and O–H groups in total. The van der Waals surface area contributed by atoms with E-state index in [9.17, 15) is 4.79 Å². The molecule has 1 atom stereocenters. The largest absolute Gasteiger partial charge is 0.497 e. The first-order valence-corrected chi connectivity index (χ1v) is 5.53. The van der Waals surface area contributed by atoms with Crippen molar-refractivity contribution in [2.24, 2.45) is 0 Å². The van der Waals surface area contributed by atoms with Crippen LogP contribution >= 0.6 is 0 Å². The Balaban J connectivity index is 2.44. The van der Waals surface area contributed by atoms with Crippen molar-refractivity contribution >= 4 is 5.97 Å². The van der Waals surface area contributed by atoms with Crippen LogP contribution in [0.1, 0.15) is 18.4 Å². The Morgan fingerprint density at radius 2 is 1.94 bits per heavy atom. The summed E-state index contributed by atoms with van der Waals surface area (Å²) in [5.41, 5.74) is 1.15. The minimum absolute atomic E-state index is 0.0483. The Labute approximate surface area is 101 Å². The van der Waals surface area contributed by atoms with Gasteiger partial charge in [0.2, 0.25) is 0 Å². The molecule has 0 spiro atoms. The van der Waals surface area contributed by atoms with E-state index in [0.717, 1.165) is 17.7 Å². The average Bonchev–Trinajstić information content (AvgIpc) is 2.34. The summed E-state index contributed by atoms with van der Waals surface area (Å²) >= 11 is 0. The topological polar surface area (TPSA) is 55.8 Å². The zero-order valence-corrected chi connectivity index (χ0v) is 10.2. The average molecular weight is 238 g/mol. The van der Waals surface area contributed by atoms with Crippen molar-refractivity contribution in [2.75, 3.05) is 14.2 Å². The number of rotatable bonds is 7. The van der Waals surface area contributed by atoms with Gasteiger partial charge in [0.15, 0.2) is 0 Å². The fourth-order valence-electron chi connectivity index (χ4n) is 1.62. The van der Waals surface area contributed by atoms with Crippen LogP contribution in [-0.2, 0) is 16.0 Å². The number of carboxylic acid groups (broad SMARTS) is 1. The molecule has 0 aliphatic heterocycles. The van der Waals surface area contributed by atoms with Gasteiger partial charge in [0.05, 0.1) is 19.6 Å². The minimum atomic E-state index is -0.827. The Morgan fingerprint density at radius 1 is 1.29 bits per heavy atom. The Bertz CT molecular complexity index is 345. The van der Waals surface area contributed by atoms with Crippen LogP contribution in [0, 0.1) is 0 Å². The number of carbonyl (C=O) groups is 1. The van der Waals surface area contributed by atoms with Gasteiger partial charge in [0.25, 0.3) is 0 Å². The summed E-state index contributed by atoms with van der Waals surface area (Å²) < 4.78 is 10.2. The second-order valence-corrected chi connectivity index (χ2v) is 3.84. The molecule has 0 saturated heterocycles. The number of carboxylic acids is 1. The number of benzene rings is 1. The number of aliphatic carboxylic acids is 1. The van der Waals surface area contributed by atoms with Gasteiger partial charge in [-0.05, 0) is 30.5 Å². The van der Waals surface area contributed by atoms with Crippen molar-refractivity contribution in [3.05, 3.63) is 29.8 Å². The third-order valence-electron chi connectivity index (χ3n) is 2.65. The number of hydrogen-bond acceptors (Lipinski definition) is 3. The zero-order chi connectivity index (χ0) is 12.7. The highest BCUT2D eigenvalue weighted by Gasteiger charge is 2.11. The molecular formula is C13H18O4. The third kappa shape index (κ3) is 4.87.